The molecule has 2 heterocycles. The molecule has 0 saturated carbocycles. The van der Waals surface area contributed by atoms with E-state index in [-0.39, 0.29) is 17.7 Å². The van der Waals surface area contributed by atoms with Gasteiger partial charge in [0, 0.05) is 13.7 Å². The maximum Gasteiger partial charge on any atom is 0.331 e. The van der Waals surface area contributed by atoms with Crippen LogP contribution >= 0.6 is 0 Å². The minimum atomic E-state index is -1.39. The van der Waals surface area contributed by atoms with E-state index in [1.54, 1.807) is 12.1 Å². The number of carbonyl (C=O) groups excluding carboxylic acids is 4. The molecule has 40 heavy (non-hydrogen) atoms. The first-order chi connectivity index (χ1) is 19.1. The van der Waals surface area contributed by atoms with Crippen molar-refractivity contribution in [2.45, 2.75) is 63.1 Å². The van der Waals surface area contributed by atoms with Gasteiger partial charge in [0.05, 0.1) is 29.7 Å². The molecule has 11 heteroatoms. The van der Waals surface area contributed by atoms with Crippen LogP contribution in [0.5, 0.6) is 5.75 Å². The number of para-hydroxylation sites is 1. The molecule has 4 rings (SSSR count). The molecule has 2 aliphatic heterocycles. The van der Waals surface area contributed by atoms with Crippen molar-refractivity contribution >= 4 is 23.7 Å². The largest absolute Gasteiger partial charge is 0.507 e. The van der Waals surface area contributed by atoms with E-state index in [1.807, 2.05) is 30.3 Å². The van der Waals surface area contributed by atoms with Gasteiger partial charge < -0.3 is 35.2 Å². The Morgan fingerprint density at radius 3 is 2.35 bits per heavy atom. The molecular formula is C29H35N3O8. The smallest absolute Gasteiger partial charge is 0.331 e. The van der Waals surface area contributed by atoms with Gasteiger partial charge in [0.15, 0.2) is 6.04 Å². The van der Waals surface area contributed by atoms with Gasteiger partial charge in [-0.3, -0.25) is 14.4 Å². The molecule has 7 atom stereocenters. The predicted octanol–water partition coefficient (Wildman–Crippen LogP) is 0.776. The monoisotopic (exact) mass is 553 g/mol. The van der Waals surface area contributed by atoms with Crippen LogP contribution in [0, 0.1) is 5.92 Å². The van der Waals surface area contributed by atoms with Crippen molar-refractivity contribution < 1.29 is 38.9 Å². The number of aliphatic hydroxyl groups is 1. The van der Waals surface area contributed by atoms with Crippen molar-refractivity contribution in [1.82, 2.24) is 15.5 Å². The molecule has 0 spiro atoms. The van der Waals surface area contributed by atoms with Crippen molar-refractivity contribution in [3.63, 3.8) is 0 Å². The van der Waals surface area contributed by atoms with E-state index in [0.717, 1.165) is 5.56 Å². The number of phenolic OH excluding ortho intramolecular Hbond substituents is 1. The molecule has 11 nitrogen and oxygen atoms in total. The number of aromatic hydroxyl groups is 1. The zero-order chi connectivity index (χ0) is 29.0. The third kappa shape index (κ3) is 6.26. The minimum Gasteiger partial charge on any atom is -0.507 e. The number of hydrogen-bond donors (Lipinski definition) is 4. The number of likely N-dealkylation sites (N-methyl/N-ethyl adjacent to an activating group) is 1. The number of carbonyl (C=O) groups is 4. The van der Waals surface area contributed by atoms with Gasteiger partial charge in [-0.1, -0.05) is 49.4 Å². The van der Waals surface area contributed by atoms with Crippen LogP contribution in [-0.4, -0.2) is 88.9 Å². The zero-order valence-electron chi connectivity index (χ0n) is 22.7. The molecule has 2 unspecified atom stereocenters. The number of ether oxygens (including phenoxy) is 2. The summed E-state index contributed by atoms with van der Waals surface area (Å²) in [5.41, 5.74) is 0.738. The summed E-state index contributed by atoms with van der Waals surface area (Å²) in [7, 11) is 1.46. The molecule has 3 amide bonds. The second-order valence-electron chi connectivity index (χ2n) is 10.3. The molecular weight excluding hydrogens is 518 g/mol. The Labute approximate surface area is 232 Å². The molecule has 0 bridgehead atoms. The maximum atomic E-state index is 13.7. The van der Waals surface area contributed by atoms with Crippen LogP contribution in [0.25, 0.3) is 0 Å². The number of esters is 1. The Morgan fingerprint density at radius 2 is 1.73 bits per heavy atom. The van der Waals surface area contributed by atoms with E-state index in [2.05, 4.69) is 10.6 Å². The van der Waals surface area contributed by atoms with Crippen molar-refractivity contribution in [3.8, 4) is 5.75 Å². The third-order valence-corrected chi connectivity index (χ3v) is 7.52. The molecule has 214 valence electrons. The normalized spacial score (nSPS) is 29.8. The van der Waals surface area contributed by atoms with Crippen LogP contribution in [0.4, 0.5) is 0 Å². The fraction of sp³-hybridized carbons (Fsp3) is 0.448. The van der Waals surface area contributed by atoms with Crippen LogP contribution in [0.3, 0.4) is 0 Å². The van der Waals surface area contributed by atoms with Gasteiger partial charge in [-0.15, -0.1) is 0 Å². The molecule has 0 aromatic heterocycles. The molecule has 0 radical (unpaired) electrons. The second kappa shape index (κ2) is 12.5. The van der Waals surface area contributed by atoms with E-state index < -0.39 is 66.0 Å². The quantitative estimate of drug-likeness (QED) is 0.396. The first-order valence-corrected chi connectivity index (χ1v) is 13.3. The summed E-state index contributed by atoms with van der Waals surface area (Å²) in [4.78, 5) is 54.8. The number of phenols is 1. The number of nitrogens with zero attached hydrogens (tertiary/aromatic N) is 1. The summed E-state index contributed by atoms with van der Waals surface area (Å²) < 4.78 is 11.2. The molecule has 2 saturated heterocycles. The van der Waals surface area contributed by atoms with E-state index in [4.69, 9.17) is 9.47 Å². The lowest BCUT2D eigenvalue weighted by Gasteiger charge is -2.41. The molecule has 2 aromatic carbocycles. The Morgan fingerprint density at radius 1 is 1.07 bits per heavy atom. The Kier molecular flexibility index (Phi) is 9.06. The summed E-state index contributed by atoms with van der Waals surface area (Å²) in [6.45, 7) is 3.40. The molecule has 2 fully saturated rings. The second-order valence-corrected chi connectivity index (χ2v) is 10.3. The first-order valence-electron chi connectivity index (χ1n) is 13.3. The van der Waals surface area contributed by atoms with Gasteiger partial charge in [0.25, 0.3) is 5.91 Å². The van der Waals surface area contributed by atoms with E-state index in [0.29, 0.717) is 13.0 Å². The lowest BCUT2D eigenvalue weighted by molar-refractivity contribution is -0.177. The van der Waals surface area contributed by atoms with E-state index in [1.165, 1.54) is 37.9 Å². The van der Waals surface area contributed by atoms with Crippen LogP contribution in [0.2, 0.25) is 0 Å². The van der Waals surface area contributed by atoms with Gasteiger partial charge in [-0.25, -0.2) is 4.79 Å². The Balaban J connectivity index is 1.70. The number of hydrogen-bond acceptors (Lipinski definition) is 8. The molecule has 2 aliphatic rings. The molecule has 0 aliphatic carbocycles. The highest BCUT2D eigenvalue weighted by atomic mass is 16.6. The Hall–Kier alpha value is -3.96. The van der Waals surface area contributed by atoms with Crippen LogP contribution in [-0.2, 0) is 30.3 Å². The number of amides is 3. The predicted molar refractivity (Wildman–Crippen MR) is 143 cm³/mol. The van der Waals surface area contributed by atoms with Crippen molar-refractivity contribution in [3.05, 3.63) is 65.7 Å². The molecule has 4 N–H and O–H groups in total. The van der Waals surface area contributed by atoms with Gasteiger partial charge in [0.2, 0.25) is 11.8 Å². The van der Waals surface area contributed by atoms with Crippen molar-refractivity contribution in [1.29, 1.82) is 0 Å². The van der Waals surface area contributed by atoms with Gasteiger partial charge >= 0.3 is 5.97 Å². The topological polar surface area (TPSA) is 154 Å². The minimum absolute atomic E-state index is 0.0690. The summed E-state index contributed by atoms with van der Waals surface area (Å²) in [5.74, 6) is -4.07. The standard InChI is InChI=1S/C29H35N3O8/c1-16-25(34)20(15-18-9-5-4-6-10-18)30-27(36)23(31-26(35)19-11-7-8-12-21(19)33)17(2)40-29(38)24(22-13-14-39-22)32(3)28(16)37/h4-12,16-17,20,22-25,33-34H,13-15H2,1-3H3,(H,30,36)(H,31,35)/t16-,17-,20+,22?,23+,24?,25+/m1/s1. The van der Waals surface area contributed by atoms with Crippen molar-refractivity contribution in [2.75, 3.05) is 13.7 Å². The highest BCUT2D eigenvalue weighted by molar-refractivity contribution is 6.00. The summed E-state index contributed by atoms with van der Waals surface area (Å²) in [6, 6.07) is 11.6. The number of nitrogens with one attached hydrogen (secondary N) is 2. The SMILES string of the molecule is C[C@H]1OC(=O)C(C2CCO2)N(C)C(=O)[C@H](C)[C@H](O)[C@H](Cc2ccccc2)NC(=O)[C@H]1NC(=O)c1ccccc1O. The van der Waals surface area contributed by atoms with Gasteiger partial charge in [-0.2, -0.15) is 0 Å². The number of rotatable bonds is 5. The summed E-state index contributed by atoms with van der Waals surface area (Å²) in [6.07, 6.45) is -2.41. The fourth-order valence-corrected chi connectivity index (χ4v) is 5.01. The summed E-state index contributed by atoms with van der Waals surface area (Å²) in [5, 5.41) is 26.9. The van der Waals surface area contributed by atoms with Crippen LogP contribution in [0.1, 0.15) is 36.2 Å². The fourth-order valence-electron chi connectivity index (χ4n) is 5.01. The number of cyclic esters (lactones) is 1. The zero-order valence-corrected chi connectivity index (χ0v) is 22.7. The van der Waals surface area contributed by atoms with Crippen LogP contribution in [0.15, 0.2) is 54.6 Å². The third-order valence-electron chi connectivity index (χ3n) is 7.52. The average molecular weight is 554 g/mol. The lowest BCUT2D eigenvalue weighted by Crippen LogP contribution is -2.62. The number of aliphatic hydroxyl groups excluding tert-OH is 1. The first kappa shape index (κ1) is 29.0. The van der Waals surface area contributed by atoms with E-state index in [9.17, 15) is 29.4 Å². The maximum absolute atomic E-state index is 13.7. The highest BCUT2D eigenvalue weighted by Crippen LogP contribution is 2.25. The average Bonchev–Trinajstić information content (AvgIpc) is 2.91. The van der Waals surface area contributed by atoms with Crippen LogP contribution < -0.4 is 10.6 Å². The lowest BCUT2D eigenvalue weighted by atomic mass is 9.90. The van der Waals surface area contributed by atoms with Crippen molar-refractivity contribution in [2.24, 2.45) is 5.92 Å². The molecule has 2 aromatic rings. The van der Waals surface area contributed by atoms with E-state index >= 15 is 0 Å². The Bertz CT molecular complexity index is 1230. The summed E-state index contributed by atoms with van der Waals surface area (Å²) >= 11 is 0. The highest BCUT2D eigenvalue weighted by Gasteiger charge is 2.45. The van der Waals surface area contributed by atoms with Gasteiger partial charge in [-0.05, 0) is 37.5 Å². The number of benzene rings is 2. The van der Waals surface area contributed by atoms with Gasteiger partial charge in [0.1, 0.15) is 17.9 Å².